The van der Waals surface area contributed by atoms with Crippen LogP contribution in [0.3, 0.4) is 0 Å². The van der Waals surface area contributed by atoms with Gasteiger partial charge in [-0.25, -0.2) is 4.79 Å². The molecule has 1 N–H and O–H groups in total. The second-order valence-electron chi connectivity index (χ2n) is 7.29. The van der Waals surface area contributed by atoms with E-state index in [-0.39, 0.29) is 35.2 Å². The Morgan fingerprint density at radius 3 is 2.28 bits per heavy atom. The van der Waals surface area contributed by atoms with Crippen LogP contribution in [0.4, 0.5) is 26.3 Å². The van der Waals surface area contributed by atoms with Gasteiger partial charge in [0.25, 0.3) is 0 Å². The van der Waals surface area contributed by atoms with Gasteiger partial charge in [0.1, 0.15) is 0 Å². The average molecular weight is 462 g/mol. The number of nitrogens with one attached hydrogen (secondary N) is 1. The van der Waals surface area contributed by atoms with Gasteiger partial charge >= 0.3 is 18.3 Å². The van der Waals surface area contributed by atoms with Gasteiger partial charge in [-0.15, -0.1) is 0 Å². The van der Waals surface area contributed by atoms with E-state index < -0.39 is 47.0 Å². The Kier molecular flexibility index (Phi) is 7.29. The molecule has 1 heterocycles. The van der Waals surface area contributed by atoms with Gasteiger partial charge in [0.2, 0.25) is 0 Å². The molecule has 0 saturated heterocycles. The number of rotatable bonds is 5. The SMILES string of the molecule is COCC1=C(C(=O)OC(C)C)C(c2ccc(C(F)(F)F)cc2C(F)(F)F)C(C#N)=C(C)N1. The molecule has 0 radical (unpaired) electrons. The zero-order valence-corrected chi connectivity index (χ0v) is 17.5. The largest absolute Gasteiger partial charge is 0.460 e. The maximum Gasteiger partial charge on any atom is 0.416 e. The monoisotopic (exact) mass is 462 g/mol. The maximum absolute atomic E-state index is 13.8. The summed E-state index contributed by atoms with van der Waals surface area (Å²) in [6.45, 7) is 4.21. The summed E-state index contributed by atoms with van der Waals surface area (Å²) in [7, 11) is 1.28. The van der Waals surface area contributed by atoms with Crippen molar-refractivity contribution in [2.45, 2.75) is 45.1 Å². The summed E-state index contributed by atoms with van der Waals surface area (Å²) < 4.78 is 91.0. The second kappa shape index (κ2) is 9.24. The summed E-state index contributed by atoms with van der Waals surface area (Å²) in [6, 6.07) is 2.87. The second-order valence-corrected chi connectivity index (χ2v) is 7.29. The Morgan fingerprint density at radius 1 is 1.19 bits per heavy atom. The lowest BCUT2D eigenvalue weighted by atomic mass is 9.78. The van der Waals surface area contributed by atoms with E-state index in [1.165, 1.54) is 27.9 Å². The van der Waals surface area contributed by atoms with Crippen molar-refractivity contribution < 1.29 is 40.6 Å². The van der Waals surface area contributed by atoms with Crippen molar-refractivity contribution >= 4 is 5.97 Å². The molecule has 11 heteroatoms. The topological polar surface area (TPSA) is 71.3 Å². The van der Waals surface area contributed by atoms with Crippen molar-refractivity contribution in [2.24, 2.45) is 0 Å². The van der Waals surface area contributed by atoms with E-state index in [1.807, 2.05) is 0 Å². The summed E-state index contributed by atoms with van der Waals surface area (Å²) in [5, 5.41) is 12.4. The molecule has 5 nitrogen and oxygen atoms in total. The fourth-order valence-corrected chi connectivity index (χ4v) is 3.36. The molecule has 0 saturated carbocycles. The molecular formula is C21H20F6N2O3. The van der Waals surface area contributed by atoms with Crippen molar-refractivity contribution in [3.8, 4) is 6.07 Å². The van der Waals surface area contributed by atoms with E-state index >= 15 is 0 Å². The van der Waals surface area contributed by atoms with Crippen molar-refractivity contribution in [3.05, 3.63) is 57.4 Å². The molecule has 1 atom stereocenters. The van der Waals surface area contributed by atoms with Crippen LogP contribution in [0, 0.1) is 11.3 Å². The number of hydrogen-bond acceptors (Lipinski definition) is 5. The van der Waals surface area contributed by atoms with Gasteiger partial charge < -0.3 is 14.8 Å². The summed E-state index contributed by atoms with van der Waals surface area (Å²) >= 11 is 0. The third kappa shape index (κ3) is 5.24. The predicted octanol–water partition coefficient (Wildman–Crippen LogP) is 5.06. The van der Waals surface area contributed by atoms with Gasteiger partial charge in [-0.3, -0.25) is 0 Å². The number of benzene rings is 1. The Hall–Kier alpha value is -3.00. The highest BCUT2D eigenvalue weighted by molar-refractivity contribution is 5.93. The Bertz CT molecular complexity index is 1000. The van der Waals surface area contributed by atoms with Crippen LogP contribution in [0.15, 0.2) is 40.7 Å². The number of halogens is 6. The van der Waals surface area contributed by atoms with Crippen molar-refractivity contribution in [2.75, 3.05) is 13.7 Å². The minimum Gasteiger partial charge on any atom is -0.460 e. The molecule has 0 fully saturated rings. The lowest BCUT2D eigenvalue weighted by Crippen LogP contribution is -2.33. The third-order valence-corrected chi connectivity index (χ3v) is 4.61. The minimum absolute atomic E-state index is 0.0247. The highest BCUT2D eigenvalue weighted by Crippen LogP contribution is 2.45. The molecule has 1 aromatic rings. The van der Waals surface area contributed by atoms with Crippen molar-refractivity contribution in [3.63, 3.8) is 0 Å². The zero-order valence-electron chi connectivity index (χ0n) is 17.5. The summed E-state index contributed by atoms with van der Waals surface area (Å²) in [6.07, 6.45) is -10.9. The minimum atomic E-state index is -5.19. The standard InChI is InChI=1S/C21H20F6N2O3/c1-10(2)32-19(30)18-16(9-31-4)29-11(3)14(8-28)17(18)13-6-5-12(20(22,23)24)7-15(13)21(25,26)27/h5-7,10,17,29H,9H2,1-4H3. The third-order valence-electron chi connectivity index (χ3n) is 4.61. The van der Waals surface area contributed by atoms with Crippen LogP contribution in [0.25, 0.3) is 0 Å². The molecule has 1 aromatic carbocycles. The highest BCUT2D eigenvalue weighted by Gasteiger charge is 2.44. The lowest BCUT2D eigenvalue weighted by Gasteiger charge is -2.31. The molecule has 1 unspecified atom stereocenters. The quantitative estimate of drug-likeness (QED) is 0.489. The van der Waals surface area contributed by atoms with Crippen LogP contribution in [0.1, 0.15) is 43.4 Å². The fourth-order valence-electron chi connectivity index (χ4n) is 3.36. The van der Waals surface area contributed by atoms with Gasteiger partial charge in [-0.2, -0.15) is 31.6 Å². The smallest absolute Gasteiger partial charge is 0.416 e. The van der Waals surface area contributed by atoms with E-state index in [0.29, 0.717) is 12.1 Å². The number of ether oxygens (including phenoxy) is 2. The first-order chi connectivity index (χ1) is 14.7. The molecule has 1 aliphatic heterocycles. The first-order valence-electron chi connectivity index (χ1n) is 9.31. The van der Waals surface area contributed by atoms with Gasteiger partial charge in [-0.05, 0) is 38.5 Å². The van der Waals surface area contributed by atoms with Crippen molar-refractivity contribution in [1.82, 2.24) is 5.32 Å². The van der Waals surface area contributed by atoms with E-state index in [0.717, 1.165) is 0 Å². The molecule has 0 bridgehead atoms. The van der Waals surface area contributed by atoms with Gasteiger partial charge in [-0.1, -0.05) is 6.07 Å². The van der Waals surface area contributed by atoms with Crippen LogP contribution in [0.5, 0.6) is 0 Å². The number of methoxy groups -OCH3 is 1. The molecule has 0 amide bonds. The molecule has 0 spiro atoms. The molecule has 0 aliphatic carbocycles. The van der Waals surface area contributed by atoms with Gasteiger partial charge in [0.15, 0.2) is 0 Å². The number of nitrogens with zero attached hydrogens (tertiary/aromatic N) is 1. The van der Waals surface area contributed by atoms with Crippen molar-refractivity contribution in [1.29, 1.82) is 5.26 Å². The Balaban J connectivity index is 2.88. The number of hydrogen-bond donors (Lipinski definition) is 1. The van der Waals surface area contributed by atoms with E-state index in [1.54, 1.807) is 6.07 Å². The molecule has 0 aromatic heterocycles. The zero-order chi connectivity index (χ0) is 24.4. The van der Waals surface area contributed by atoms with E-state index in [4.69, 9.17) is 9.47 Å². The summed E-state index contributed by atoms with van der Waals surface area (Å²) in [4.78, 5) is 12.9. The number of carbonyl (C=O) groups excluding carboxylic acids is 1. The highest BCUT2D eigenvalue weighted by atomic mass is 19.4. The molecule has 32 heavy (non-hydrogen) atoms. The van der Waals surface area contributed by atoms with E-state index in [9.17, 15) is 36.4 Å². The first kappa shape index (κ1) is 25.3. The van der Waals surface area contributed by atoms with Crippen LogP contribution in [0.2, 0.25) is 0 Å². The van der Waals surface area contributed by atoms with Crippen LogP contribution >= 0.6 is 0 Å². The summed E-state index contributed by atoms with van der Waals surface area (Å²) in [5.74, 6) is -2.63. The first-order valence-corrected chi connectivity index (χ1v) is 9.31. The number of esters is 1. The van der Waals surface area contributed by atoms with Crippen LogP contribution < -0.4 is 5.32 Å². The van der Waals surface area contributed by atoms with Gasteiger partial charge in [0, 0.05) is 12.8 Å². The van der Waals surface area contributed by atoms with Crippen LogP contribution in [-0.2, 0) is 26.6 Å². The Labute approximate surface area is 180 Å². The molecule has 2 rings (SSSR count). The predicted molar refractivity (Wildman–Crippen MR) is 101 cm³/mol. The van der Waals surface area contributed by atoms with Gasteiger partial charge in [0.05, 0.1) is 52.7 Å². The summed E-state index contributed by atoms with van der Waals surface area (Å²) in [5.41, 5.74) is -4.20. The average Bonchev–Trinajstić information content (AvgIpc) is 2.65. The fraction of sp³-hybridized carbons (Fsp3) is 0.429. The normalized spacial score (nSPS) is 17.4. The molecule has 174 valence electrons. The number of carbonyl (C=O) groups is 1. The lowest BCUT2D eigenvalue weighted by molar-refractivity contribution is -0.145. The number of alkyl halides is 6. The van der Waals surface area contributed by atoms with Crippen LogP contribution in [-0.4, -0.2) is 25.8 Å². The molecular weight excluding hydrogens is 442 g/mol. The Morgan fingerprint density at radius 2 is 1.81 bits per heavy atom. The number of dihydropyridines is 1. The number of nitriles is 1. The molecule has 1 aliphatic rings. The van der Waals surface area contributed by atoms with E-state index in [2.05, 4.69) is 5.32 Å². The maximum atomic E-state index is 13.8. The number of allylic oxidation sites excluding steroid dienone is 2.